The van der Waals surface area contributed by atoms with Gasteiger partial charge in [0.15, 0.2) is 0 Å². The number of likely N-dealkylation sites (tertiary alicyclic amines) is 1. The van der Waals surface area contributed by atoms with Gasteiger partial charge in [-0.25, -0.2) is 0 Å². The van der Waals surface area contributed by atoms with Gasteiger partial charge in [-0.1, -0.05) is 24.3 Å². The smallest absolute Gasteiger partial charge is 0.244 e. The molecule has 1 saturated heterocycles. The Morgan fingerprint density at radius 2 is 1.83 bits per heavy atom. The molecule has 0 radical (unpaired) electrons. The predicted octanol–water partition coefficient (Wildman–Crippen LogP) is 4.17. The maximum Gasteiger partial charge on any atom is 0.244 e. The number of nitrogens with zero attached hydrogens (tertiary/aromatic N) is 1. The summed E-state index contributed by atoms with van der Waals surface area (Å²) in [7, 11) is 3.31. The number of hydrogen-bond donors (Lipinski definition) is 2. The van der Waals surface area contributed by atoms with E-state index in [1.165, 1.54) is 12.8 Å². The van der Waals surface area contributed by atoms with Crippen molar-refractivity contribution in [1.82, 2.24) is 10.2 Å². The van der Waals surface area contributed by atoms with Crippen molar-refractivity contribution in [3.63, 3.8) is 0 Å². The van der Waals surface area contributed by atoms with Crippen molar-refractivity contribution in [2.45, 2.75) is 55.6 Å². The van der Waals surface area contributed by atoms with Gasteiger partial charge in [0.2, 0.25) is 5.91 Å². The lowest BCUT2D eigenvalue weighted by molar-refractivity contribution is -0.132. The summed E-state index contributed by atoms with van der Waals surface area (Å²) in [5.41, 5.74) is 0.776. The standard InChI is InChI=1S/C30H38N2O4/c1-35-26-7-3-5-22(17-26)11-12-28(33)31-25-13-14-30(34)21-32(20-23-9-10-23)16-15-29(30,19-25)24-6-4-8-27(18-24)36-2/h3-8,11-12,17-18,23,25,34H,9-10,13-16,19-21H2,1-2H3,(H,31,33). The summed E-state index contributed by atoms with van der Waals surface area (Å²) < 4.78 is 10.8. The average molecular weight is 491 g/mol. The van der Waals surface area contributed by atoms with Gasteiger partial charge >= 0.3 is 0 Å². The van der Waals surface area contributed by atoms with Crippen molar-refractivity contribution in [2.75, 3.05) is 33.9 Å². The Balaban J connectivity index is 1.35. The summed E-state index contributed by atoms with van der Waals surface area (Å²) >= 11 is 0. The lowest BCUT2D eigenvalue weighted by Crippen LogP contribution is -2.67. The van der Waals surface area contributed by atoms with Gasteiger partial charge in [0, 0.05) is 30.6 Å². The van der Waals surface area contributed by atoms with Crippen LogP contribution in [0.2, 0.25) is 0 Å². The number of ether oxygens (including phenoxy) is 2. The molecule has 3 fully saturated rings. The Morgan fingerprint density at radius 3 is 2.58 bits per heavy atom. The van der Waals surface area contributed by atoms with Gasteiger partial charge in [0.1, 0.15) is 11.5 Å². The van der Waals surface area contributed by atoms with Gasteiger partial charge in [-0.15, -0.1) is 0 Å². The molecule has 1 amide bonds. The van der Waals surface area contributed by atoms with E-state index < -0.39 is 11.0 Å². The molecule has 0 spiro atoms. The van der Waals surface area contributed by atoms with E-state index in [0.717, 1.165) is 54.5 Å². The molecular weight excluding hydrogens is 452 g/mol. The zero-order valence-corrected chi connectivity index (χ0v) is 21.4. The molecule has 2 aromatic rings. The fraction of sp³-hybridized carbons (Fsp3) is 0.500. The first-order valence-electron chi connectivity index (χ1n) is 13.1. The number of amides is 1. The number of fused-ring (bicyclic) bond motifs is 1. The van der Waals surface area contributed by atoms with Crippen LogP contribution in [0.15, 0.2) is 54.6 Å². The highest BCUT2D eigenvalue weighted by atomic mass is 16.5. The van der Waals surface area contributed by atoms with Crippen LogP contribution in [-0.4, -0.2) is 61.4 Å². The van der Waals surface area contributed by atoms with Crippen molar-refractivity contribution >= 4 is 12.0 Å². The molecule has 3 aliphatic rings. The topological polar surface area (TPSA) is 71.0 Å². The van der Waals surface area contributed by atoms with Gasteiger partial charge in [-0.05, 0) is 92.5 Å². The van der Waals surface area contributed by atoms with Crippen LogP contribution < -0.4 is 14.8 Å². The van der Waals surface area contributed by atoms with Crippen molar-refractivity contribution in [2.24, 2.45) is 5.92 Å². The highest BCUT2D eigenvalue weighted by Gasteiger charge is 2.57. The van der Waals surface area contributed by atoms with Gasteiger partial charge in [-0.3, -0.25) is 4.79 Å². The van der Waals surface area contributed by atoms with Crippen LogP contribution in [0, 0.1) is 5.92 Å². The second-order valence-electron chi connectivity index (χ2n) is 10.8. The Labute approximate surface area is 214 Å². The molecule has 3 unspecified atom stereocenters. The molecule has 1 aliphatic heterocycles. The monoisotopic (exact) mass is 490 g/mol. The molecule has 2 aliphatic carbocycles. The van der Waals surface area contributed by atoms with E-state index in [2.05, 4.69) is 22.3 Å². The third-order valence-electron chi connectivity index (χ3n) is 8.43. The number of methoxy groups -OCH3 is 2. The average Bonchev–Trinajstić information content (AvgIpc) is 3.72. The van der Waals surface area contributed by atoms with Crippen molar-refractivity contribution in [1.29, 1.82) is 0 Å². The minimum absolute atomic E-state index is 0.00563. The number of rotatable bonds is 8. The zero-order chi connectivity index (χ0) is 25.2. The minimum atomic E-state index is -0.829. The molecular formula is C30H38N2O4. The Bertz CT molecular complexity index is 1110. The van der Waals surface area contributed by atoms with Crippen LogP contribution in [-0.2, 0) is 10.2 Å². The number of carbonyl (C=O) groups excluding carboxylic acids is 1. The van der Waals surface area contributed by atoms with E-state index in [4.69, 9.17) is 9.47 Å². The van der Waals surface area contributed by atoms with E-state index in [1.807, 2.05) is 42.5 Å². The molecule has 3 atom stereocenters. The van der Waals surface area contributed by atoms with E-state index >= 15 is 0 Å². The van der Waals surface area contributed by atoms with E-state index in [0.29, 0.717) is 19.4 Å². The number of hydrogen-bond acceptors (Lipinski definition) is 5. The van der Waals surface area contributed by atoms with E-state index in [1.54, 1.807) is 20.3 Å². The number of nitrogens with one attached hydrogen (secondary N) is 1. The molecule has 2 aromatic carbocycles. The molecule has 2 saturated carbocycles. The van der Waals surface area contributed by atoms with Gasteiger partial charge in [-0.2, -0.15) is 0 Å². The minimum Gasteiger partial charge on any atom is -0.497 e. The lowest BCUT2D eigenvalue weighted by atomic mass is 9.55. The van der Waals surface area contributed by atoms with Crippen LogP contribution in [0.3, 0.4) is 0 Å². The molecule has 6 heteroatoms. The molecule has 1 heterocycles. The van der Waals surface area contributed by atoms with Crippen molar-refractivity contribution in [3.05, 3.63) is 65.7 Å². The quantitative estimate of drug-likeness (QED) is 0.544. The van der Waals surface area contributed by atoms with Crippen LogP contribution in [0.4, 0.5) is 0 Å². The second-order valence-corrected chi connectivity index (χ2v) is 10.8. The van der Waals surface area contributed by atoms with E-state index in [-0.39, 0.29) is 11.9 Å². The summed E-state index contributed by atoms with van der Waals surface area (Å²) in [5.74, 6) is 2.25. The Hall–Kier alpha value is -2.83. The highest BCUT2D eigenvalue weighted by molar-refractivity contribution is 5.92. The molecule has 192 valence electrons. The normalized spacial score (nSPS) is 28.5. The van der Waals surface area contributed by atoms with Crippen LogP contribution >= 0.6 is 0 Å². The predicted molar refractivity (Wildman–Crippen MR) is 141 cm³/mol. The Morgan fingerprint density at radius 1 is 1.08 bits per heavy atom. The van der Waals surface area contributed by atoms with E-state index in [9.17, 15) is 9.90 Å². The SMILES string of the molecule is COc1cccc(C=CC(=O)NC2CCC3(O)CN(CC4CC4)CCC3(c3cccc(OC)c3)C2)c1. The number of carbonyl (C=O) groups is 1. The van der Waals surface area contributed by atoms with Crippen LogP contribution in [0.1, 0.15) is 49.7 Å². The summed E-state index contributed by atoms with van der Waals surface area (Å²) in [6.45, 7) is 2.75. The largest absolute Gasteiger partial charge is 0.497 e. The fourth-order valence-corrected chi connectivity index (χ4v) is 6.29. The first-order valence-corrected chi connectivity index (χ1v) is 13.1. The summed E-state index contributed by atoms with van der Waals surface area (Å²) in [6.07, 6.45) is 9.04. The number of aliphatic hydroxyl groups is 1. The van der Waals surface area contributed by atoms with Crippen molar-refractivity contribution < 1.29 is 19.4 Å². The Kier molecular flexibility index (Phi) is 7.09. The molecule has 36 heavy (non-hydrogen) atoms. The third kappa shape index (κ3) is 5.16. The van der Waals surface area contributed by atoms with Gasteiger partial charge < -0.3 is 24.8 Å². The van der Waals surface area contributed by atoms with Crippen molar-refractivity contribution in [3.8, 4) is 11.5 Å². The summed E-state index contributed by atoms with van der Waals surface area (Å²) in [5, 5.41) is 15.4. The summed E-state index contributed by atoms with van der Waals surface area (Å²) in [4.78, 5) is 15.3. The summed E-state index contributed by atoms with van der Waals surface area (Å²) in [6, 6.07) is 15.8. The molecule has 0 aromatic heterocycles. The molecule has 5 rings (SSSR count). The maximum atomic E-state index is 12.9. The zero-order valence-electron chi connectivity index (χ0n) is 21.4. The van der Waals surface area contributed by atoms with Crippen LogP contribution in [0.25, 0.3) is 6.08 Å². The number of piperidine rings is 1. The van der Waals surface area contributed by atoms with Gasteiger partial charge in [0.25, 0.3) is 0 Å². The first kappa shape index (κ1) is 24.8. The highest BCUT2D eigenvalue weighted by Crippen LogP contribution is 2.52. The molecule has 6 nitrogen and oxygen atoms in total. The number of benzene rings is 2. The molecule has 2 N–H and O–H groups in total. The fourth-order valence-electron chi connectivity index (χ4n) is 6.29. The molecule has 0 bridgehead atoms. The second kappa shape index (κ2) is 10.3. The first-order chi connectivity index (χ1) is 17.4. The maximum absolute atomic E-state index is 12.9. The lowest BCUT2D eigenvalue weighted by Gasteiger charge is -2.58. The van der Waals surface area contributed by atoms with Crippen LogP contribution in [0.5, 0.6) is 11.5 Å². The third-order valence-corrected chi connectivity index (χ3v) is 8.43. The number of β-amino-alcohol motifs (C(OH)–C–C–N with tert-alkyl or cyclic N) is 1. The van der Waals surface area contributed by atoms with Gasteiger partial charge in [0.05, 0.1) is 19.8 Å².